The Balaban J connectivity index is 1.65. The van der Waals surface area contributed by atoms with Crippen molar-refractivity contribution in [3.8, 4) is 0 Å². The average Bonchev–Trinajstić information content (AvgIpc) is 2.97. The fraction of sp³-hybridized carbons (Fsp3) is 1.00. The van der Waals surface area contributed by atoms with Crippen molar-refractivity contribution in [1.29, 1.82) is 0 Å². The minimum absolute atomic E-state index is 0.694. The third-order valence-corrected chi connectivity index (χ3v) is 5.24. The Bertz CT molecular complexity index is 242. The highest BCUT2D eigenvalue weighted by Crippen LogP contribution is 2.18. The standard InChI is InChI=1S/C16H33N3/c1-4-14(2)18-9-11-19(12-10-18)15(3)13-17-16-7-5-6-8-16/h14-17H,4-13H2,1-3H3. The van der Waals surface area contributed by atoms with Crippen molar-refractivity contribution in [1.82, 2.24) is 15.1 Å². The van der Waals surface area contributed by atoms with E-state index in [0.29, 0.717) is 6.04 Å². The van der Waals surface area contributed by atoms with Gasteiger partial charge in [-0.15, -0.1) is 0 Å². The third kappa shape index (κ3) is 4.44. The van der Waals surface area contributed by atoms with Gasteiger partial charge >= 0.3 is 0 Å². The Morgan fingerprint density at radius 2 is 1.47 bits per heavy atom. The van der Waals surface area contributed by atoms with E-state index in [-0.39, 0.29) is 0 Å². The highest BCUT2D eigenvalue weighted by atomic mass is 15.3. The summed E-state index contributed by atoms with van der Waals surface area (Å²) in [5, 5.41) is 3.77. The van der Waals surface area contributed by atoms with Gasteiger partial charge in [-0.25, -0.2) is 0 Å². The van der Waals surface area contributed by atoms with Gasteiger partial charge in [0.25, 0.3) is 0 Å². The number of rotatable bonds is 6. The predicted molar refractivity (Wildman–Crippen MR) is 82.6 cm³/mol. The van der Waals surface area contributed by atoms with Crippen molar-refractivity contribution >= 4 is 0 Å². The molecular weight excluding hydrogens is 234 g/mol. The van der Waals surface area contributed by atoms with Crippen LogP contribution in [0.3, 0.4) is 0 Å². The zero-order chi connectivity index (χ0) is 13.7. The molecule has 2 fully saturated rings. The highest BCUT2D eigenvalue weighted by molar-refractivity contribution is 4.81. The maximum absolute atomic E-state index is 3.77. The highest BCUT2D eigenvalue weighted by Gasteiger charge is 2.24. The summed E-state index contributed by atoms with van der Waals surface area (Å²) in [5.74, 6) is 0. The second kappa shape index (κ2) is 7.61. The van der Waals surface area contributed by atoms with E-state index in [2.05, 4.69) is 35.9 Å². The van der Waals surface area contributed by atoms with Gasteiger partial charge < -0.3 is 5.32 Å². The van der Waals surface area contributed by atoms with Crippen LogP contribution in [-0.2, 0) is 0 Å². The molecule has 0 amide bonds. The van der Waals surface area contributed by atoms with Gasteiger partial charge in [0, 0.05) is 50.8 Å². The quantitative estimate of drug-likeness (QED) is 0.797. The van der Waals surface area contributed by atoms with Gasteiger partial charge in [-0.05, 0) is 33.1 Å². The molecule has 1 N–H and O–H groups in total. The summed E-state index contributed by atoms with van der Waals surface area (Å²) in [7, 11) is 0. The first-order valence-corrected chi connectivity index (χ1v) is 8.42. The summed E-state index contributed by atoms with van der Waals surface area (Å²) in [6.07, 6.45) is 6.93. The molecule has 19 heavy (non-hydrogen) atoms. The molecule has 0 radical (unpaired) electrons. The van der Waals surface area contributed by atoms with Gasteiger partial charge in [-0.3, -0.25) is 9.80 Å². The molecule has 1 aliphatic heterocycles. The minimum atomic E-state index is 0.694. The molecular formula is C16H33N3. The summed E-state index contributed by atoms with van der Waals surface area (Å²) in [6.45, 7) is 13.2. The molecule has 1 saturated heterocycles. The van der Waals surface area contributed by atoms with E-state index in [4.69, 9.17) is 0 Å². The van der Waals surface area contributed by atoms with Crippen molar-refractivity contribution in [2.24, 2.45) is 0 Å². The molecule has 0 aromatic heterocycles. The van der Waals surface area contributed by atoms with Crippen molar-refractivity contribution in [2.75, 3.05) is 32.7 Å². The summed E-state index contributed by atoms with van der Waals surface area (Å²) in [4.78, 5) is 5.31. The van der Waals surface area contributed by atoms with Gasteiger partial charge in [-0.1, -0.05) is 19.8 Å². The molecule has 2 unspecified atom stereocenters. The molecule has 0 aromatic rings. The van der Waals surface area contributed by atoms with Crippen LogP contribution in [-0.4, -0.2) is 60.6 Å². The number of hydrogen-bond acceptors (Lipinski definition) is 3. The van der Waals surface area contributed by atoms with Crippen LogP contribution >= 0.6 is 0 Å². The molecule has 0 aromatic carbocycles. The Morgan fingerprint density at radius 1 is 0.947 bits per heavy atom. The van der Waals surface area contributed by atoms with E-state index < -0.39 is 0 Å². The molecule has 0 spiro atoms. The first-order valence-electron chi connectivity index (χ1n) is 8.42. The molecule has 2 atom stereocenters. The summed E-state index contributed by atoms with van der Waals surface area (Å²) < 4.78 is 0. The molecule has 1 aliphatic carbocycles. The molecule has 112 valence electrons. The zero-order valence-electron chi connectivity index (χ0n) is 13.2. The average molecular weight is 267 g/mol. The Labute approximate surface area is 119 Å². The van der Waals surface area contributed by atoms with E-state index in [1.807, 2.05) is 0 Å². The SMILES string of the molecule is CCC(C)N1CCN(C(C)CNC2CCCC2)CC1. The van der Waals surface area contributed by atoms with Crippen molar-refractivity contribution in [3.05, 3.63) is 0 Å². The van der Waals surface area contributed by atoms with Crippen LogP contribution in [0.15, 0.2) is 0 Å². The van der Waals surface area contributed by atoms with E-state index in [1.54, 1.807) is 0 Å². The zero-order valence-corrected chi connectivity index (χ0v) is 13.2. The molecule has 3 heteroatoms. The Kier molecular flexibility index (Phi) is 6.11. The van der Waals surface area contributed by atoms with Crippen LogP contribution in [0.5, 0.6) is 0 Å². The minimum Gasteiger partial charge on any atom is -0.312 e. The van der Waals surface area contributed by atoms with Gasteiger partial charge in [0.15, 0.2) is 0 Å². The van der Waals surface area contributed by atoms with Crippen LogP contribution in [0, 0.1) is 0 Å². The summed E-state index contributed by atoms with van der Waals surface area (Å²) in [5.41, 5.74) is 0. The first-order chi connectivity index (χ1) is 9.20. The second-order valence-electron chi connectivity index (χ2n) is 6.57. The lowest BCUT2D eigenvalue weighted by Crippen LogP contribution is -2.54. The number of nitrogens with one attached hydrogen (secondary N) is 1. The van der Waals surface area contributed by atoms with Gasteiger partial charge in [0.2, 0.25) is 0 Å². The van der Waals surface area contributed by atoms with E-state index in [0.717, 1.165) is 12.1 Å². The van der Waals surface area contributed by atoms with E-state index in [1.165, 1.54) is 64.8 Å². The van der Waals surface area contributed by atoms with Crippen molar-refractivity contribution < 1.29 is 0 Å². The van der Waals surface area contributed by atoms with Gasteiger partial charge in [-0.2, -0.15) is 0 Å². The predicted octanol–water partition coefficient (Wildman–Crippen LogP) is 2.32. The fourth-order valence-electron chi connectivity index (χ4n) is 3.47. The Morgan fingerprint density at radius 3 is 2.00 bits per heavy atom. The van der Waals surface area contributed by atoms with E-state index in [9.17, 15) is 0 Å². The van der Waals surface area contributed by atoms with Crippen molar-refractivity contribution in [2.45, 2.75) is 71.0 Å². The van der Waals surface area contributed by atoms with Crippen molar-refractivity contribution in [3.63, 3.8) is 0 Å². The Hall–Kier alpha value is -0.120. The number of piperazine rings is 1. The molecule has 1 saturated carbocycles. The number of nitrogens with zero attached hydrogens (tertiary/aromatic N) is 2. The maximum Gasteiger partial charge on any atom is 0.0193 e. The summed E-state index contributed by atoms with van der Waals surface area (Å²) >= 11 is 0. The molecule has 3 nitrogen and oxygen atoms in total. The van der Waals surface area contributed by atoms with Gasteiger partial charge in [0.05, 0.1) is 0 Å². The summed E-state index contributed by atoms with van der Waals surface area (Å²) in [6, 6.07) is 2.26. The second-order valence-corrected chi connectivity index (χ2v) is 6.57. The smallest absolute Gasteiger partial charge is 0.0193 e. The third-order valence-electron chi connectivity index (χ3n) is 5.24. The topological polar surface area (TPSA) is 18.5 Å². The molecule has 0 bridgehead atoms. The van der Waals surface area contributed by atoms with Crippen LogP contribution in [0.2, 0.25) is 0 Å². The van der Waals surface area contributed by atoms with Crippen LogP contribution < -0.4 is 5.32 Å². The van der Waals surface area contributed by atoms with Crippen LogP contribution in [0.4, 0.5) is 0 Å². The van der Waals surface area contributed by atoms with Crippen LogP contribution in [0.1, 0.15) is 52.9 Å². The normalized spacial score (nSPS) is 26.7. The lowest BCUT2D eigenvalue weighted by atomic mass is 10.1. The molecule has 1 heterocycles. The first kappa shape index (κ1) is 15.3. The lowest BCUT2D eigenvalue weighted by Gasteiger charge is -2.40. The largest absolute Gasteiger partial charge is 0.312 e. The molecule has 2 aliphatic rings. The fourth-order valence-corrected chi connectivity index (χ4v) is 3.47. The molecule has 2 rings (SSSR count). The number of hydrogen-bond donors (Lipinski definition) is 1. The lowest BCUT2D eigenvalue weighted by molar-refractivity contribution is 0.0763. The van der Waals surface area contributed by atoms with E-state index >= 15 is 0 Å². The monoisotopic (exact) mass is 267 g/mol. The van der Waals surface area contributed by atoms with Gasteiger partial charge in [0.1, 0.15) is 0 Å². The maximum atomic E-state index is 3.77. The van der Waals surface area contributed by atoms with Crippen LogP contribution in [0.25, 0.3) is 0 Å².